The summed E-state index contributed by atoms with van der Waals surface area (Å²) in [6, 6.07) is 5.17. The van der Waals surface area contributed by atoms with Crippen LogP contribution in [0.2, 0.25) is 5.02 Å². The van der Waals surface area contributed by atoms with Gasteiger partial charge in [-0.1, -0.05) is 27.5 Å². The van der Waals surface area contributed by atoms with E-state index in [0.29, 0.717) is 22.5 Å². The van der Waals surface area contributed by atoms with E-state index in [1.54, 1.807) is 25.3 Å². The largest absolute Gasteiger partial charge is 0.383 e. The number of carbonyl (C=O) groups is 1. The first-order chi connectivity index (χ1) is 8.08. The van der Waals surface area contributed by atoms with Gasteiger partial charge >= 0.3 is 0 Å². The number of halogens is 2. The molecule has 1 N–H and O–H groups in total. The van der Waals surface area contributed by atoms with Crippen molar-refractivity contribution in [1.82, 2.24) is 5.32 Å². The molecular weight excluding hydrogens is 305 g/mol. The predicted molar refractivity (Wildman–Crippen MR) is 73.1 cm³/mol. The van der Waals surface area contributed by atoms with Crippen LogP contribution in [0, 0.1) is 6.92 Å². The van der Waals surface area contributed by atoms with Crippen LogP contribution in [0.25, 0.3) is 0 Å². The first-order valence-corrected chi connectivity index (χ1v) is 6.70. The molecule has 1 aromatic rings. The van der Waals surface area contributed by atoms with Crippen molar-refractivity contribution in [3.63, 3.8) is 0 Å². The van der Waals surface area contributed by atoms with E-state index in [0.717, 1.165) is 5.56 Å². The van der Waals surface area contributed by atoms with Crippen molar-refractivity contribution in [2.75, 3.05) is 19.0 Å². The summed E-state index contributed by atoms with van der Waals surface area (Å²) in [5.74, 6) is -0.110. The molecule has 17 heavy (non-hydrogen) atoms. The van der Waals surface area contributed by atoms with Gasteiger partial charge in [-0.2, -0.15) is 0 Å². The first kappa shape index (κ1) is 14.5. The minimum Gasteiger partial charge on any atom is -0.383 e. The van der Waals surface area contributed by atoms with Crippen molar-refractivity contribution in [3.8, 4) is 0 Å². The smallest absolute Gasteiger partial charge is 0.251 e. The predicted octanol–water partition coefficient (Wildman–Crippen LogP) is 2.79. The third-order valence-corrected chi connectivity index (χ3v) is 3.34. The van der Waals surface area contributed by atoms with E-state index < -0.39 is 0 Å². The zero-order valence-corrected chi connectivity index (χ0v) is 12.1. The second kappa shape index (κ2) is 6.99. The zero-order chi connectivity index (χ0) is 12.8. The summed E-state index contributed by atoms with van der Waals surface area (Å²) < 4.78 is 5.02. The van der Waals surface area contributed by atoms with E-state index in [9.17, 15) is 4.79 Å². The molecule has 1 aromatic carbocycles. The number of rotatable bonds is 5. The Balaban J connectivity index is 2.75. The highest BCUT2D eigenvalue weighted by molar-refractivity contribution is 9.09. The summed E-state index contributed by atoms with van der Waals surface area (Å²) >= 11 is 9.18. The lowest BCUT2D eigenvalue weighted by Crippen LogP contribution is -2.39. The van der Waals surface area contributed by atoms with Crippen molar-refractivity contribution in [3.05, 3.63) is 34.3 Å². The van der Waals surface area contributed by atoms with Gasteiger partial charge in [0.2, 0.25) is 0 Å². The summed E-state index contributed by atoms with van der Waals surface area (Å²) in [5.41, 5.74) is 1.50. The Bertz CT molecular complexity index is 398. The van der Waals surface area contributed by atoms with Crippen molar-refractivity contribution in [1.29, 1.82) is 0 Å². The molecule has 0 aliphatic rings. The Morgan fingerprint density at radius 1 is 1.59 bits per heavy atom. The SMILES string of the molecule is COCC(CBr)NC(=O)c1ccc(Cl)cc1C. The maximum atomic E-state index is 12.0. The summed E-state index contributed by atoms with van der Waals surface area (Å²) in [4.78, 5) is 12.0. The van der Waals surface area contributed by atoms with E-state index in [4.69, 9.17) is 16.3 Å². The van der Waals surface area contributed by atoms with Crippen LogP contribution in [0.3, 0.4) is 0 Å². The maximum absolute atomic E-state index is 12.0. The highest BCUT2D eigenvalue weighted by Gasteiger charge is 2.14. The molecule has 0 aliphatic carbocycles. The summed E-state index contributed by atoms with van der Waals surface area (Å²) in [6.07, 6.45) is 0. The average molecular weight is 321 g/mol. The Morgan fingerprint density at radius 2 is 2.29 bits per heavy atom. The van der Waals surface area contributed by atoms with Gasteiger partial charge in [-0.15, -0.1) is 0 Å². The van der Waals surface area contributed by atoms with E-state index in [2.05, 4.69) is 21.2 Å². The summed E-state index contributed by atoms with van der Waals surface area (Å²) in [6.45, 7) is 2.34. The number of hydrogen-bond acceptors (Lipinski definition) is 2. The molecule has 0 spiro atoms. The van der Waals surface area contributed by atoms with Gasteiger partial charge in [-0.05, 0) is 30.7 Å². The fraction of sp³-hybridized carbons (Fsp3) is 0.417. The molecule has 0 saturated carbocycles. The normalized spacial score (nSPS) is 12.2. The lowest BCUT2D eigenvalue weighted by Gasteiger charge is -2.16. The number of carbonyl (C=O) groups excluding carboxylic acids is 1. The lowest BCUT2D eigenvalue weighted by molar-refractivity contribution is 0.0907. The zero-order valence-electron chi connectivity index (χ0n) is 9.80. The molecule has 0 aliphatic heterocycles. The second-order valence-electron chi connectivity index (χ2n) is 3.74. The van der Waals surface area contributed by atoms with Crippen molar-refractivity contribution in [2.45, 2.75) is 13.0 Å². The molecule has 94 valence electrons. The van der Waals surface area contributed by atoms with Gasteiger partial charge in [0.05, 0.1) is 12.6 Å². The van der Waals surface area contributed by atoms with Crippen molar-refractivity contribution < 1.29 is 9.53 Å². The molecule has 0 saturated heterocycles. The monoisotopic (exact) mass is 319 g/mol. The van der Waals surface area contributed by atoms with E-state index in [1.807, 2.05) is 6.92 Å². The number of methoxy groups -OCH3 is 1. The standard InChI is InChI=1S/C12H15BrClNO2/c1-8-5-9(14)3-4-11(8)12(16)15-10(6-13)7-17-2/h3-5,10H,6-7H2,1-2H3,(H,15,16). The van der Waals surface area contributed by atoms with Crippen LogP contribution >= 0.6 is 27.5 Å². The third-order valence-electron chi connectivity index (χ3n) is 2.32. The number of hydrogen-bond donors (Lipinski definition) is 1. The molecule has 1 amide bonds. The van der Waals surface area contributed by atoms with Gasteiger partial charge in [-0.25, -0.2) is 0 Å². The summed E-state index contributed by atoms with van der Waals surface area (Å²) in [7, 11) is 1.61. The van der Waals surface area contributed by atoms with Crippen LogP contribution in [0.4, 0.5) is 0 Å². The van der Waals surface area contributed by atoms with E-state index in [-0.39, 0.29) is 11.9 Å². The highest BCUT2D eigenvalue weighted by atomic mass is 79.9. The van der Waals surface area contributed by atoms with Gasteiger partial charge in [0.25, 0.3) is 5.91 Å². The molecule has 0 heterocycles. The van der Waals surface area contributed by atoms with Crippen LogP contribution in [-0.4, -0.2) is 31.0 Å². The minimum atomic E-state index is -0.110. The van der Waals surface area contributed by atoms with Gasteiger partial charge in [0, 0.05) is 23.0 Å². The lowest BCUT2D eigenvalue weighted by atomic mass is 10.1. The number of amides is 1. The fourth-order valence-corrected chi connectivity index (χ4v) is 2.05. The minimum absolute atomic E-state index is 0.0393. The van der Waals surface area contributed by atoms with Crippen molar-refractivity contribution in [2.24, 2.45) is 0 Å². The van der Waals surface area contributed by atoms with Crippen molar-refractivity contribution >= 4 is 33.4 Å². The number of benzene rings is 1. The van der Waals surface area contributed by atoms with E-state index in [1.165, 1.54) is 0 Å². The van der Waals surface area contributed by atoms with Crippen LogP contribution in [0.15, 0.2) is 18.2 Å². The average Bonchev–Trinajstić information content (AvgIpc) is 2.28. The molecule has 3 nitrogen and oxygen atoms in total. The van der Waals surface area contributed by atoms with Gasteiger partial charge < -0.3 is 10.1 Å². The van der Waals surface area contributed by atoms with Gasteiger partial charge in [-0.3, -0.25) is 4.79 Å². The van der Waals surface area contributed by atoms with Crippen LogP contribution in [0.1, 0.15) is 15.9 Å². The van der Waals surface area contributed by atoms with Crippen LogP contribution in [-0.2, 0) is 4.74 Å². The number of ether oxygens (including phenoxy) is 1. The number of nitrogens with one attached hydrogen (secondary N) is 1. The van der Waals surface area contributed by atoms with Gasteiger partial charge in [0.15, 0.2) is 0 Å². The summed E-state index contributed by atoms with van der Waals surface area (Å²) in [5, 5.41) is 4.17. The molecule has 1 atom stereocenters. The molecule has 5 heteroatoms. The fourth-order valence-electron chi connectivity index (χ4n) is 1.47. The maximum Gasteiger partial charge on any atom is 0.251 e. The Hall–Kier alpha value is -0.580. The quantitative estimate of drug-likeness (QED) is 0.847. The van der Waals surface area contributed by atoms with Crippen LogP contribution in [0.5, 0.6) is 0 Å². The molecule has 0 fully saturated rings. The number of aryl methyl sites for hydroxylation is 1. The molecular formula is C12H15BrClNO2. The molecule has 1 rings (SSSR count). The molecule has 1 unspecified atom stereocenters. The molecule has 0 bridgehead atoms. The Labute approximate surface area is 115 Å². The topological polar surface area (TPSA) is 38.3 Å². The third kappa shape index (κ3) is 4.30. The van der Waals surface area contributed by atoms with Crippen LogP contribution < -0.4 is 5.32 Å². The van der Waals surface area contributed by atoms with Gasteiger partial charge in [0.1, 0.15) is 0 Å². The van der Waals surface area contributed by atoms with E-state index >= 15 is 0 Å². The first-order valence-electron chi connectivity index (χ1n) is 5.20. The molecule has 0 aromatic heterocycles. The Morgan fingerprint density at radius 3 is 2.82 bits per heavy atom. The Kier molecular flexibility index (Phi) is 5.95. The second-order valence-corrected chi connectivity index (χ2v) is 4.82. The number of alkyl halides is 1. The molecule has 0 radical (unpaired) electrons. The highest BCUT2D eigenvalue weighted by Crippen LogP contribution is 2.15.